The van der Waals surface area contributed by atoms with Gasteiger partial charge in [0.2, 0.25) is 5.69 Å². The van der Waals surface area contributed by atoms with Crippen molar-refractivity contribution in [2.45, 2.75) is 13.0 Å². The Morgan fingerprint density at radius 3 is 2.81 bits per heavy atom. The minimum Gasteiger partial charge on any atom is -0.467 e. The molecule has 0 aliphatic carbocycles. The zero-order valence-electron chi connectivity index (χ0n) is 15.3. The monoisotopic (exact) mass is 383 g/mol. The van der Waals surface area contributed by atoms with E-state index in [1.165, 1.54) is 11.1 Å². The van der Waals surface area contributed by atoms with Crippen molar-refractivity contribution in [1.82, 2.24) is 15.0 Å². The van der Waals surface area contributed by atoms with E-state index in [-0.39, 0.29) is 17.7 Å². The molecule has 3 aromatic rings. The van der Waals surface area contributed by atoms with Gasteiger partial charge < -0.3 is 15.0 Å². The molecule has 2 heterocycles. The van der Waals surface area contributed by atoms with Crippen molar-refractivity contribution < 1.29 is 9.64 Å². The second-order valence-corrected chi connectivity index (χ2v) is 6.92. The molecular formula is C19H20ClN6O+. The summed E-state index contributed by atoms with van der Waals surface area (Å²) < 4.78 is 5.82. The summed E-state index contributed by atoms with van der Waals surface area (Å²) in [5.74, 6) is 1.25. The molecule has 0 amide bonds. The van der Waals surface area contributed by atoms with Crippen LogP contribution in [0, 0.1) is 11.3 Å². The highest BCUT2D eigenvalue weighted by molar-refractivity contribution is 6.35. The van der Waals surface area contributed by atoms with Crippen LogP contribution in [-0.2, 0) is 0 Å². The predicted octanol–water partition coefficient (Wildman–Crippen LogP) is 2.21. The van der Waals surface area contributed by atoms with E-state index in [2.05, 4.69) is 20.3 Å². The third-order valence-electron chi connectivity index (χ3n) is 3.82. The van der Waals surface area contributed by atoms with Gasteiger partial charge in [-0.25, -0.2) is 9.97 Å². The average molecular weight is 384 g/mol. The third kappa shape index (κ3) is 4.61. The minimum absolute atomic E-state index is 0.104. The van der Waals surface area contributed by atoms with Gasteiger partial charge in [-0.3, -0.25) is 0 Å². The van der Waals surface area contributed by atoms with Crippen molar-refractivity contribution in [2.75, 3.05) is 26.0 Å². The van der Waals surface area contributed by atoms with Crippen molar-refractivity contribution in [3.63, 3.8) is 0 Å². The van der Waals surface area contributed by atoms with Crippen molar-refractivity contribution in [2.24, 2.45) is 0 Å². The number of aromatic nitrogens is 3. The van der Waals surface area contributed by atoms with Gasteiger partial charge in [-0.1, -0.05) is 23.7 Å². The molecule has 3 rings (SSSR count). The number of likely N-dealkylation sites (N-methyl/N-ethyl adjacent to an activating group) is 1. The first-order valence-corrected chi connectivity index (χ1v) is 8.88. The zero-order valence-corrected chi connectivity index (χ0v) is 16.1. The quantitative estimate of drug-likeness (QED) is 0.678. The lowest BCUT2D eigenvalue weighted by molar-refractivity contribution is -0.861. The summed E-state index contributed by atoms with van der Waals surface area (Å²) in [7, 11) is 4.07. The largest absolute Gasteiger partial charge is 0.467 e. The lowest BCUT2D eigenvalue weighted by atomic mass is 10.2. The van der Waals surface area contributed by atoms with Gasteiger partial charge in [-0.2, -0.15) is 10.2 Å². The number of nitrogens with one attached hydrogen (secondary N) is 2. The van der Waals surface area contributed by atoms with E-state index in [4.69, 9.17) is 16.3 Å². The van der Waals surface area contributed by atoms with Crippen LogP contribution >= 0.6 is 11.6 Å². The van der Waals surface area contributed by atoms with E-state index in [0.29, 0.717) is 16.7 Å². The minimum atomic E-state index is -0.104. The van der Waals surface area contributed by atoms with Crippen LogP contribution in [-0.4, -0.2) is 41.7 Å². The summed E-state index contributed by atoms with van der Waals surface area (Å²) in [5.41, 5.74) is 0.152. The second kappa shape index (κ2) is 8.16. The third-order valence-corrected chi connectivity index (χ3v) is 4.15. The fraction of sp³-hybridized carbons (Fsp3) is 0.263. The first-order valence-electron chi connectivity index (χ1n) is 8.50. The van der Waals surface area contributed by atoms with Gasteiger partial charge in [0, 0.05) is 16.6 Å². The summed E-state index contributed by atoms with van der Waals surface area (Å²) in [6.07, 6.45) is 3.08. The molecule has 7 nitrogen and oxygen atoms in total. The predicted molar refractivity (Wildman–Crippen MR) is 105 cm³/mol. The molecule has 2 N–H and O–H groups in total. The van der Waals surface area contributed by atoms with E-state index >= 15 is 0 Å². The number of hydrogen-bond acceptors (Lipinski definition) is 6. The number of quaternary nitrogens is 1. The summed E-state index contributed by atoms with van der Waals surface area (Å²) in [6, 6.07) is 9.55. The Morgan fingerprint density at radius 2 is 2.07 bits per heavy atom. The molecule has 0 spiro atoms. The number of nitrogens with zero attached hydrogens (tertiary/aromatic N) is 4. The number of pyridine rings is 1. The number of nitriles is 1. The number of hydrogen-bond donors (Lipinski definition) is 2. The van der Waals surface area contributed by atoms with E-state index in [0.717, 1.165) is 17.3 Å². The molecule has 8 heteroatoms. The molecule has 0 saturated heterocycles. The Bertz CT molecular complexity index is 1000. The molecule has 0 radical (unpaired) electrons. The smallest absolute Gasteiger partial charge is 0.253 e. The summed E-state index contributed by atoms with van der Waals surface area (Å²) >= 11 is 6.18. The van der Waals surface area contributed by atoms with Crippen LogP contribution in [0.2, 0.25) is 5.02 Å². The maximum atomic E-state index is 9.26. The van der Waals surface area contributed by atoms with Crippen LogP contribution in [0.25, 0.3) is 10.8 Å². The van der Waals surface area contributed by atoms with Gasteiger partial charge in [-0.05, 0) is 24.4 Å². The first-order chi connectivity index (χ1) is 13.0. The molecular weight excluding hydrogens is 364 g/mol. The molecule has 0 aliphatic heterocycles. The lowest BCUT2D eigenvalue weighted by Crippen LogP contribution is -3.07. The molecule has 0 saturated carbocycles. The van der Waals surface area contributed by atoms with Crippen molar-refractivity contribution in [1.29, 1.82) is 5.26 Å². The van der Waals surface area contributed by atoms with Crippen molar-refractivity contribution >= 4 is 34.0 Å². The fourth-order valence-corrected chi connectivity index (χ4v) is 2.96. The molecule has 0 fully saturated rings. The van der Waals surface area contributed by atoms with E-state index < -0.39 is 0 Å². The molecule has 0 unspecified atom stereocenters. The van der Waals surface area contributed by atoms with Crippen molar-refractivity contribution in [3.8, 4) is 11.9 Å². The number of anilines is 2. The van der Waals surface area contributed by atoms with Crippen molar-refractivity contribution in [3.05, 3.63) is 47.4 Å². The van der Waals surface area contributed by atoms with Crippen LogP contribution < -0.4 is 15.0 Å². The van der Waals surface area contributed by atoms with Gasteiger partial charge in [0.25, 0.3) is 5.88 Å². The highest BCUT2D eigenvalue weighted by Crippen LogP contribution is 2.25. The fourth-order valence-electron chi connectivity index (χ4n) is 2.73. The topological polar surface area (TPSA) is 88.2 Å². The second-order valence-electron chi connectivity index (χ2n) is 6.52. The Labute approximate surface area is 162 Å². The normalized spacial score (nSPS) is 12.0. The number of halogens is 1. The van der Waals surface area contributed by atoms with Gasteiger partial charge in [0.05, 0.1) is 20.3 Å². The molecule has 138 valence electrons. The molecule has 0 bridgehead atoms. The van der Waals surface area contributed by atoms with Crippen LogP contribution in [0.4, 0.5) is 11.6 Å². The van der Waals surface area contributed by atoms with E-state index in [9.17, 15) is 5.26 Å². The Balaban J connectivity index is 1.85. The summed E-state index contributed by atoms with van der Waals surface area (Å²) in [6.45, 7) is 2.71. The number of benzene rings is 1. The van der Waals surface area contributed by atoms with Crippen LogP contribution in [0.3, 0.4) is 0 Å². The summed E-state index contributed by atoms with van der Waals surface area (Å²) in [5, 5.41) is 14.8. The first kappa shape index (κ1) is 18.8. The highest BCUT2D eigenvalue weighted by Gasteiger charge is 2.15. The Hall–Kier alpha value is -2.95. The highest BCUT2D eigenvalue weighted by atomic mass is 35.5. The van der Waals surface area contributed by atoms with Gasteiger partial charge in [-0.15, -0.1) is 0 Å². The van der Waals surface area contributed by atoms with Gasteiger partial charge >= 0.3 is 0 Å². The maximum absolute atomic E-state index is 9.26. The zero-order chi connectivity index (χ0) is 19.4. The SMILES string of the molecule is C[C@H](C[NH+](C)C)Oc1nc(Nc2cc3cccc(Cl)c3cn2)cnc1C#N. The Kier molecular flexibility index (Phi) is 5.69. The maximum Gasteiger partial charge on any atom is 0.253 e. The number of fused-ring (bicyclic) bond motifs is 1. The van der Waals surface area contributed by atoms with Crippen LogP contribution in [0.1, 0.15) is 12.6 Å². The molecule has 0 aliphatic rings. The molecule has 27 heavy (non-hydrogen) atoms. The molecule has 2 aromatic heterocycles. The molecule has 1 atom stereocenters. The summed E-state index contributed by atoms with van der Waals surface area (Å²) in [4.78, 5) is 14.1. The van der Waals surface area contributed by atoms with Gasteiger partial charge in [0.15, 0.2) is 5.82 Å². The van der Waals surface area contributed by atoms with Crippen LogP contribution in [0.15, 0.2) is 36.7 Å². The lowest BCUT2D eigenvalue weighted by Gasteiger charge is -2.17. The van der Waals surface area contributed by atoms with Gasteiger partial charge in [0.1, 0.15) is 24.5 Å². The van der Waals surface area contributed by atoms with E-state index in [1.54, 1.807) is 6.20 Å². The molecule has 1 aromatic carbocycles. The van der Waals surface area contributed by atoms with E-state index in [1.807, 2.05) is 51.4 Å². The standard InChI is InChI=1S/C19H19ClN6O/c1-12(11-26(2)3)27-19-16(8-21)22-10-18(25-19)24-17-7-13-5-4-6-15(20)14(13)9-23-17/h4-7,9-10,12H,11H2,1-3H3,(H,23,24,25)/p+1/t12-/m1/s1. The number of ether oxygens (including phenoxy) is 1. The Morgan fingerprint density at radius 1 is 1.26 bits per heavy atom. The number of rotatable bonds is 6. The average Bonchev–Trinajstić information content (AvgIpc) is 2.61. The van der Waals surface area contributed by atoms with Crippen LogP contribution in [0.5, 0.6) is 5.88 Å².